The zero-order valence-electron chi connectivity index (χ0n) is 12.2. The Morgan fingerprint density at radius 3 is 2.90 bits per heavy atom. The highest BCUT2D eigenvalue weighted by Gasteiger charge is 2.34. The Morgan fingerprint density at radius 2 is 2.33 bits per heavy atom. The first-order valence-electron chi connectivity index (χ1n) is 7.41. The molecule has 6 heteroatoms. The van der Waals surface area contributed by atoms with Crippen LogP contribution < -0.4 is 10.1 Å². The van der Waals surface area contributed by atoms with E-state index in [-0.39, 0.29) is 6.03 Å². The monoisotopic (exact) mass is 291 g/mol. The van der Waals surface area contributed by atoms with Crippen LogP contribution in [-0.2, 0) is 4.74 Å². The summed E-state index contributed by atoms with van der Waals surface area (Å²) in [6.07, 6.45) is 4.85. The van der Waals surface area contributed by atoms with Gasteiger partial charge in [-0.15, -0.1) is 0 Å². The maximum Gasteiger partial charge on any atom is 0.322 e. The first kappa shape index (κ1) is 14.1. The Hall–Kier alpha value is -1.82. The van der Waals surface area contributed by atoms with E-state index in [0.29, 0.717) is 23.5 Å². The highest BCUT2D eigenvalue weighted by Crippen LogP contribution is 2.29. The van der Waals surface area contributed by atoms with Gasteiger partial charge in [-0.3, -0.25) is 0 Å². The maximum absolute atomic E-state index is 12.5. The summed E-state index contributed by atoms with van der Waals surface area (Å²) in [5.74, 6) is 1.00. The highest BCUT2D eigenvalue weighted by molar-refractivity contribution is 5.89. The van der Waals surface area contributed by atoms with Crippen molar-refractivity contribution in [3.05, 3.63) is 18.3 Å². The van der Waals surface area contributed by atoms with E-state index in [1.165, 1.54) is 0 Å². The molecule has 1 saturated heterocycles. The smallest absolute Gasteiger partial charge is 0.322 e. The number of pyridine rings is 1. The van der Waals surface area contributed by atoms with Gasteiger partial charge in [0.25, 0.3) is 0 Å². The van der Waals surface area contributed by atoms with Crippen LogP contribution in [0.5, 0.6) is 5.88 Å². The average molecular weight is 291 g/mol. The van der Waals surface area contributed by atoms with Gasteiger partial charge in [-0.25, -0.2) is 9.78 Å². The van der Waals surface area contributed by atoms with Crippen molar-refractivity contribution >= 4 is 11.7 Å². The minimum absolute atomic E-state index is 0.0450. The highest BCUT2D eigenvalue weighted by atomic mass is 16.5. The molecule has 1 aliphatic heterocycles. The number of nitrogens with one attached hydrogen (secondary N) is 1. The lowest BCUT2D eigenvalue weighted by Crippen LogP contribution is -2.40. The fraction of sp³-hybridized carbons (Fsp3) is 0.600. The number of amides is 2. The average Bonchev–Trinajstić information content (AvgIpc) is 3.21. The van der Waals surface area contributed by atoms with Gasteiger partial charge < -0.3 is 19.7 Å². The molecule has 21 heavy (non-hydrogen) atoms. The summed E-state index contributed by atoms with van der Waals surface area (Å²) in [5.41, 5.74) is 0.689. The van der Waals surface area contributed by atoms with Gasteiger partial charge >= 0.3 is 6.03 Å². The lowest BCUT2D eigenvalue weighted by molar-refractivity contribution is 0.167. The van der Waals surface area contributed by atoms with Crippen LogP contribution in [0.3, 0.4) is 0 Å². The third-order valence-electron chi connectivity index (χ3n) is 3.92. The van der Waals surface area contributed by atoms with E-state index in [4.69, 9.17) is 9.47 Å². The van der Waals surface area contributed by atoms with Crippen molar-refractivity contribution in [2.24, 2.45) is 5.92 Å². The molecule has 3 rings (SSSR count). The number of rotatable bonds is 5. The Balaban J connectivity index is 1.60. The number of ether oxygens (including phenoxy) is 2. The molecule has 6 nitrogen and oxygen atoms in total. The third kappa shape index (κ3) is 3.64. The molecule has 0 bridgehead atoms. The molecule has 1 aliphatic carbocycles. The van der Waals surface area contributed by atoms with Gasteiger partial charge in [0.1, 0.15) is 0 Å². The van der Waals surface area contributed by atoms with Crippen LogP contribution in [-0.4, -0.2) is 48.8 Å². The summed E-state index contributed by atoms with van der Waals surface area (Å²) in [6.45, 7) is 2.36. The molecule has 2 heterocycles. The number of aromatic nitrogens is 1. The number of carbonyl (C=O) groups is 1. The largest absolute Gasteiger partial charge is 0.481 e. The predicted molar refractivity (Wildman–Crippen MR) is 78.5 cm³/mol. The summed E-state index contributed by atoms with van der Waals surface area (Å²) < 4.78 is 10.4. The molecule has 2 aliphatic rings. The van der Waals surface area contributed by atoms with Crippen LogP contribution in [0, 0.1) is 5.92 Å². The molecule has 1 aromatic heterocycles. The van der Waals surface area contributed by atoms with Crippen LogP contribution in [0.4, 0.5) is 10.5 Å². The fourth-order valence-corrected chi connectivity index (χ4v) is 2.56. The van der Waals surface area contributed by atoms with Crippen molar-refractivity contribution in [1.82, 2.24) is 9.88 Å². The van der Waals surface area contributed by atoms with Crippen molar-refractivity contribution in [2.75, 3.05) is 32.2 Å². The number of methoxy groups -OCH3 is 1. The Morgan fingerprint density at radius 1 is 1.48 bits per heavy atom. The number of nitrogens with zero attached hydrogens (tertiary/aromatic N) is 2. The van der Waals surface area contributed by atoms with E-state index in [2.05, 4.69) is 10.3 Å². The Kier molecular flexibility index (Phi) is 4.24. The summed E-state index contributed by atoms with van der Waals surface area (Å²) in [5, 5.41) is 2.92. The van der Waals surface area contributed by atoms with Crippen LogP contribution in [0.1, 0.15) is 19.3 Å². The van der Waals surface area contributed by atoms with Gasteiger partial charge in [0.2, 0.25) is 5.88 Å². The maximum atomic E-state index is 12.5. The molecule has 1 atom stereocenters. The zero-order chi connectivity index (χ0) is 14.7. The van der Waals surface area contributed by atoms with Crippen molar-refractivity contribution in [3.8, 4) is 5.88 Å². The van der Waals surface area contributed by atoms with Gasteiger partial charge in [-0.2, -0.15) is 0 Å². The van der Waals surface area contributed by atoms with E-state index >= 15 is 0 Å². The molecule has 1 aromatic rings. The summed E-state index contributed by atoms with van der Waals surface area (Å²) >= 11 is 0. The summed E-state index contributed by atoms with van der Waals surface area (Å²) in [6, 6.07) is 3.88. The van der Waals surface area contributed by atoms with Crippen LogP contribution in [0.15, 0.2) is 18.3 Å². The first-order chi connectivity index (χ1) is 10.3. The van der Waals surface area contributed by atoms with Gasteiger partial charge in [-0.1, -0.05) is 0 Å². The van der Waals surface area contributed by atoms with E-state index in [9.17, 15) is 4.79 Å². The van der Waals surface area contributed by atoms with E-state index in [1.807, 2.05) is 4.90 Å². The molecule has 0 spiro atoms. The SMILES string of the molecule is COc1ccc(NC(=O)N(C[C@H]2CCOC2)C2CC2)cn1. The van der Waals surface area contributed by atoms with Crippen LogP contribution >= 0.6 is 0 Å². The minimum Gasteiger partial charge on any atom is -0.481 e. The number of hydrogen-bond acceptors (Lipinski definition) is 4. The molecule has 2 fully saturated rings. The van der Waals surface area contributed by atoms with Crippen molar-refractivity contribution in [1.29, 1.82) is 0 Å². The Bertz CT molecular complexity index is 481. The van der Waals surface area contributed by atoms with E-state index in [0.717, 1.165) is 39.0 Å². The van der Waals surface area contributed by atoms with E-state index < -0.39 is 0 Å². The predicted octanol–water partition coefficient (Wildman–Crippen LogP) is 2.12. The number of urea groups is 1. The summed E-state index contributed by atoms with van der Waals surface area (Å²) in [4.78, 5) is 18.5. The second-order valence-electron chi connectivity index (χ2n) is 5.63. The van der Waals surface area contributed by atoms with Gasteiger partial charge in [0, 0.05) is 31.2 Å². The van der Waals surface area contributed by atoms with Crippen LogP contribution in [0.2, 0.25) is 0 Å². The quantitative estimate of drug-likeness (QED) is 0.902. The Labute approximate surface area is 124 Å². The molecule has 114 valence electrons. The standard InChI is InChI=1S/C15H21N3O3/c1-20-14-5-2-12(8-16-14)17-15(19)18(13-3-4-13)9-11-6-7-21-10-11/h2,5,8,11,13H,3-4,6-7,9-10H2,1H3,(H,17,19)/t11-/m1/s1. The van der Waals surface area contributed by atoms with Gasteiger partial charge in [0.05, 0.1) is 25.6 Å². The fourth-order valence-electron chi connectivity index (χ4n) is 2.56. The summed E-state index contributed by atoms with van der Waals surface area (Å²) in [7, 11) is 1.57. The molecule has 0 radical (unpaired) electrons. The van der Waals surface area contributed by atoms with Crippen molar-refractivity contribution < 1.29 is 14.3 Å². The lowest BCUT2D eigenvalue weighted by Gasteiger charge is -2.25. The minimum atomic E-state index is -0.0450. The zero-order valence-corrected chi connectivity index (χ0v) is 12.2. The van der Waals surface area contributed by atoms with Gasteiger partial charge in [-0.05, 0) is 25.3 Å². The van der Waals surface area contributed by atoms with Crippen LogP contribution in [0.25, 0.3) is 0 Å². The molecule has 0 aromatic carbocycles. The first-order valence-corrected chi connectivity index (χ1v) is 7.41. The normalized spacial score (nSPS) is 21.1. The lowest BCUT2D eigenvalue weighted by atomic mass is 10.1. The van der Waals surface area contributed by atoms with Crippen molar-refractivity contribution in [2.45, 2.75) is 25.3 Å². The number of hydrogen-bond donors (Lipinski definition) is 1. The number of carbonyl (C=O) groups excluding carboxylic acids is 1. The number of anilines is 1. The molecule has 0 unspecified atom stereocenters. The van der Waals surface area contributed by atoms with Gasteiger partial charge in [0.15, 0.2) is 0 Å². The molecular formula is C15H21N3O3. The molecule has 1 saturated carbocycles. The molecular weight excluding hydrogens is 270 g/mol. The topological polar surface area (TPSA) is 63.7 Å². The second-order valence-corrected chi connectivity index (χ2v) is 5.63. The second kappa shape index (κ2) is 6.30. The third-order valence-corrected chi connectivity index (χ3v) is 3.92. The van der Waals surface area contributed by atoms with E-state index in [1.54, 1.807) is 25.4 Å². The molecule has 2 amide bonds. The van der Waals surface area contributed by atoms with Crippen molar-refractivity contribution in [3.63, 3.8) is 0 Å². The molecule has 1 N–H and O–H groups in total.